The van der Waals surface area contributed by atoms with Crippen LogP contribution in [-0.4, -0.2) is 15.0 Å². The molecule has 2 aromatic heterocycles. The highest BCUT2D eigenvalue weighted by Gasteiger charge is 2.03. The summed E-state index contributed by atoms with van der Waals surface area (Å²) in [5.41, 5.74) is 3.54. The van der Waals surface area contributed by atoms with Gasteiger partial charge in [-0.15, -0.1) is 0 Å². The molecule has 86 valence electrons. The molecule has 0 radical (unpaired) electrons. The molecule has 18 heavy (non-hydrogen) atoms. The van der Waals surface area contributed by atoms with E-state index in [0.717, 1.165) is 22.6 Å². The molecule has 0 aliphatic heterocycles. The number of hydrogen-bond acceptors (Lipinski definition) is 3. The van der Waals surface area contributed by atoms with Crippen molar-refractivity contribution in [1.29, 1.82) is 0 Å². The molecule has 3 rings (SSSR count). The second kappa shape index (κ2) is 4.75. The minimum absolute atomic E-state index is 0.789. The highest BCUT2D eigenvalue weighted by Crippen LogP contribution is 2.19. The summed E-state index contributed by atoms with van der Waals surface area (Å²) in [4.78, 5) is 13.1. The predicted molar refractivity (Wildman–Crippen MR) is 70.7 cm³/mol. The maximum absolute atomic E-state index is 4.59. The third kappa shape index (κ3) is 2.11. The normalized spacial score (nSPS) is 10.2. The SMILES string of the molecule is c1ccc(-c2cncc(-c3ccccn3)n2)cc1. The van der Waals surface area contributed by atoms with Gasteiger partial charge in [-0.2, -0.15) is 0 Å². The molecule has 0 unspecified atom stereocenters. The lowest BCUT2D eigenvalue weighted by Gasteiger charge is -2.03. The van der Waals surface area contributed by atoms with E-state index in [1.165, 1.54) is 0 Å². The average Bonchev–Trinajstić information content (AvgIpc) is 2.49. The van der Waals surface area contributed by atoms with Crippen LogP contribution in [0.2, 0.25) is 0 Å². The Morgan fingerprint density at radius 3 is 2.22 bits per heavy atom. The largest absolute Gasteiger partial charge is 0.260 e. The maximum Gasteiger partial charge on any atom is 0.108 e. The van der Waals surface area contributed by atoms with Gasteiger partial charge in [0.05, 0.1) is 23.8 Å². The van der Waals surface area contributed by atoms with Gasteiger partial charge in [0, 0.05) is 11.8 Å². The van der Waals surface area contributed by atoms with Gasteiger partial charge < -0.3 is 0 Å². The van der Waals surface area contributed by atoms with E-state index in [0.29, 0.717) is 0 Å². The summed E-state index contributed by atoms with van der Waals surface area (Å²) in [6.07, 6.45) is 5.25. The third-order valence-electron chi connectivity index (χ3n) is 2.63. The molecule has 0 spiro atoms. The van der Waals surface area contributed by atoms with Gasteiger partial charge in [-0.25, -0.2) is 4.98 Å². The summed E-state index contributed by atoms with van der Waals surface area (Å²) >= 11 is 0. The van der Waals surface area contributed by atoms with Crippen LogP contribution in [0.1, 0.15) is 0 Å². The van der Waals surface area contributed by atoms with E-state index in [9.17, 15) is 0 Å². The van der Waals surface area contributed by atoms with E-state index in [-0.39, 0.29) is 0 Å². The van der Waals surface area contributed by atoms with Crippen molar-refractivity contribution in [3.63, 3.8) is 0 Å². The number of pyridine rings is 1. The predicted octanol–water partition coefficient (Wildman–Crippen LogP) is 3.21. The van der Waals surface area contributed by atoms with Crippen molar-refractivity contribution < 1.29 is 0 Å². The van der Waals surface area contributed by atoms with Gasteiger partial charge in [0.15, 0.2) is 0 Å². The van der Waals surface area contributed by atoms with Crippen LogP contribution in [0, 0.1) is 0 Å². The van der Waals surface area contributed by atoms with Crippen LogP contribution in [-0.2, 0) is 0 Å². The Kier molecular flexibility index (Phi) is 2.80. The molecule has 2 heterocycles. The molecule has 0 bridgehead atoms. The standard InChI is InChI=1S/C15H11N3/c1-2-6-12(7-3-1)14-10-16-11-15(18-14)13-8-4-5-9-17-13/h1-11H. The highest BCUT2D eigenvalue weighted by atomic mass is 14.8. The van der Waals surface area contributed by atoms with Gasteiger partial charge in [0.1, 0.15) is 5.69 Å². The summed E-state index contributed by atoms with van der Waals surface area (Å²) in [6, 6.07) is 15.8. The van der Waals surface area contributed by atoms with E-state index < -0.39 is 0 Å². The van der Waals surface area contributed by atoms with Gasteiger partial charge in [0.2, 0.25) is 0 Å². The second-order valence-electron chi connectivity index (χ2n) is 3.87. The smallest absolute Gasteiger partial charge is 0.108 e. The highest BCUT2D eigenvalue weighted by molar-refractivity contribution is 5.62. The van der Waals surface area contributed by atoms with Crippen molar-refractivity contribution in [1.82, 2.24) is 15.0 Å². The number of hydrogen-bond donors (Lipinski definition) is 0. The number of rotatable bonds is 2. The minimum Gasteiger partial charge on any atom is -0.260 e. The monoisotopic (exact) mass is 233 g/mol. The molecule has 0 fully saturated rings. The van der Waals surface area contributed by atoms with Gasteiger partial charge in [0.25, 0.3) is 0 Å². The van der Waals surface area contributed by atoms with Gasteiger partial charge in [-0.05, 0) is 12.1 Å². The lowest BCUT2D eigenvalue weighted by molar-refractivity contribution is 1.18. The van der Waals surface area contributed by atoms with E-state index >= 15 is 0 Å². The summed E-state index contributed by atoms with van der Waals surface area (Å²) < 4.78 is 0. The van der Waals surface area contributed by atoms with E-state index in [1.807, 2.05) is 48.5 Å². The molecule has 0 atom stereocenters. The van der Waals surface area contributed by atoms with Crippen LogP contribution < -0.4 is 0 Å². The van der Waals surface area contributed by atoms with Crippen molar-refractivity contribution in [2.45, 2.75) is 0 Å². The van der Waals surface area contributed by atoms with E-state index in [4.69, 9.17) is 0 Å². The minimum atomic E-state index is 0.789. The second-order valence-corrected chi connectivity index (χ2v) is 3.87. The van der Waals surface area contributed by atoms with Crippen LogP contribution in [0.4, 0.5) is 0 Å². The first-order chi connectivity index (χ1) is 8.93. The molecular weight excluding hydrogens is 222 g/mol. The summed E-state index contributed by atoms with van der Waals surface area (Å²) in [6.45, 7) is 0. The first-order valence-corrected chi connectivity index (χ1v) is 5.72. The average molecular weight is 233 g/mol. The fourth-order valence-electron chi connectivity index (χ4n) is 1.75. The lowest BCUT2D eigenvalue weighted by Crippen LogP contribution is -1.91. The van der Waals surface area contributed by atoms with Crippen molar-refractivity contribution in [3.8, 4) is 22.6 Å². The summed E-state index contributed by atoms with van der Waals surface area (Å²) in [5.74, 6) is 0. The Morgan fingerprint density at radius 1 is 0.667 bits per heavy atom. The van der Waals surface area contributed by atoms with Crippen molar-refractivity contribution in [3.05, 3.63) is 67.1 Å². The Labute approximate surface area is 105 Å². The van der Waals surface area contributed by atoms with Gasteiger partial charge >= 0.3 is 0 Å². The maximum atomic E-state index is 4.59. The molecule has 0 aliphatic carbocycles. The Morgan fingerprint density at radius 2 is 1.44 bits per heavy atom. The van der Waals surface area contributed by atoms with Crippen LogP contribution in [0.25, 0.3) is 22.6 Å². The zero-order valence-electron chi connectivity index (χ0n) is 9.69. The van der Waals surface area contributed by atoms with Crippen LogP contribution in [0.3, 0.4) is 0 Å². The van der Waals surface area contributed by atoms with Gasteiger partial charge in [-0.3, -0.25) is 9.97 Å². The Hall–Kier alpha value is -2.55. The van der Waals surface area contributed by atoms with Gasteiger partial charge in [-0.1, -0.05) is 36.4 Å². The lowest BCUT2D eigenvalue weighted by atomic mass is 10.1. The molecule has 0 N–H and O–H groups in total. The molecule has 3 heteroatoms. The number of nitrogens with zero attached hydrogens (tertiary/aromatic N) is 3. The molecule has 1 aromatic carbocycles. The fraction of sp³-hybridized carbons (Fsp3) is 0. The summed E-state index contributed by atoms with van der Waals surface area (Å²) in [5, 5.41) is 0. The molecule has 3 aromatic rings. The van der Waals surface area contributed by atoms with Crippen LogP contribution in [0.15, 0.2) is 67.1 Å². The molecular formula is C15H11N3. The molecule has 0 aliphatic rings. The first-order valence-electron chi connectivity index (χ1n) is 5.72. The topological polar surface area (TPSA) is 38.7 Å². The van der Waals surface area contributed by atoms with E-state index in [1.54, 1.807) is 18.6 Å². The Balaban J connectivity index is 2.05. The van der Waals surface area contributed by atoms with Crippen molar-refractivity contribution in [2.24, 2.45) is 0 Å². The zero-order chi connectivity index (χ0) is 12.2. The van der Waals surface area contributed by atoms with Crippen molar-refractivity contribution in [2.75, 3.05) is 0 Å². The van der Waals surface area contributed by atoms with Crippen LogP contribution >= 0.6 is 0 Å². The molecule has 3 nitrogen and oxygen atoms in total. The summed E-state index contributed by atoms with van der Waals surface area (Å²) in [7, 11) is 0. The fourth-order valence-corrected chi connectivity index (χ4v) is 1.75. The quantitative estimate of drug-likeness (QED) is 0.682. The third-order valence-corrected chi connectivity index (χ3v) is 2.63. The first kappa shape index (κ1) is 10.6. The van der Waals surface area contributed by atoms with Crippen molar-refractivity contribution >= 4 is 0 Å². The molecule has 0 amide bonds. The molecule has 0 saturated heterocycles. The molecule has 0 saturated carbocycles. The van der Waals surface area contributed by atoms with Crippen LogP contribution in [0.5, 0.6) is 0 Å². The number of benzene rings is 1. The Bertz CT molecular complexity index is 581. The number of aromatic nitrogens is 3. The zero-order valence-corrected chi connectivity index (χ0v) is 9.69. The van der Waals surface area contributed by atoms with E-state index in [2.05, 4.69) is 15.0 Å².